The number of aliphatic carboxylic acids is 1. The molecule has 1 aliphatic carbocycles. The molecule has 88 valence electrons. The highest BCUT2D eigenvalue weighted by Gasteiger charge is 2.21. The molecule has 2 rings (SSSR count). The Bertz CT molecular complexity index is 369. The summed E-state index contributed by atoms with van der Waals surface area (Å²) in [6, 6.07) is -1.04. The number of hydrogen-bond donors (Lipinski definition) is 3. The quantitative estimate of drug-likeness (QED) is 0.724. The third-order valence-corrected chi connectivity index (χ3v) is 3.22. The Balaban J connectivity index is 2.09. The molecule has 0 amide bonds. The van der Waals surface area contributed by atoms with Crippen LogP contribution in [0.4, 0.5) is 0 Å². The number of carboxylic acid groups (broad SMARTS) is 1. The number of nitrogens with one attached hydrogen (secondary N) is 1. The normalized spacial score (nSPS) is 19.6. The van der Waals surface area contributed by atoms with Crippen LogP contribution in [0.3, 0.4) is 0 Å². The first-order valence-corrected chi connectivity index (χ1v) is 5.71. The summed E-state index contributed by atoms with van der Waals surface area (Å²) in [5.41, 5.74) is 6.52. The van der Waals surface area contributed by atoms with Crippen molar-refractivity contribution in [1.82, 2.24) is 9.97 Å². The summed E-state index contributed by atoms with van der Waals surface area (Å²) in [5.74, 6) is -0.200. The van der Waals surface area contributed by atoms with Gasteiger partial charge in [0.15, 0.2) is 6.04 Å². The van der Waals surface area contributed by atoms with E-state index in [1.54, 1.807) is 6.20 Å². The van der Waals surface area contributed by atoms with Crippen molar-refractivity contribution in [1.29, 1.82) is 0 Å². The molecule has 0 radical (unpaired) electrons. The topological polar surface area (TPSA) is 92.0 Å². The van der Waals surface area contributed by atoms with Gasteiger partial charge < -0.3 is 15.8 Å². The van der Waals surface area contributed by atoms with Crippen molar-refractivity contribution in [3.8, 4) is 0 Å². The molecule has 1 fully saturated rings. The largest absolute Gasteiger partial charge is 0.480 e. The molecule has 0 spiro atoms. The van der Waals surface area contributed by atoms with E-state index in [2.05, 4.69) is 9.97 Å². The summed E-state index contributed by atoms with van der Waals surface area (Å²) in [6.45, 7) is 0. The van der Waals surface area contributed by atoms with Gasteiger partial charge in [-0.3, -0.25) is 4.79 Å². The van der Waals surface area contributed by atoms with Crippen LogP contribution in [0.25, 0.3) is 0 Å². The van der Waals surface area contributed by atoms with Crippen LogP contribution in [-0.2, 0) is 4.79 Å². The van der Waals surface area contributed by atoms with E-state index >= 15 is 0 Å². The van der Waals surface area contributed by atoms with Gasteiger partial charge in [-0.2, -0.15) is 0 Å². The maximum atomic E-state index is 10.7. The predicted molar refractivity (Wildman–Crippen MR) is 59.0 cm³/mol. The van der Waals surface area contributed by atoms with Gasteiger partial charge in [-0.25, -0.2) is 4.98 Å². The van der Waals surface area contributed by atoms with Crippen molar-refractivity contribution in [3.05, 3.63) is 17.7 Å². The molecule has 4 N–H and O–H groups in total. The number of carboxylic acids is 1. The molecular weight excluding hydrogens is 206 g/mol. The lowest BCUT2D eigenvalue weighted by Gasteiger charge is -2.19. The van der Waals surface area contributed by atoms with Crippen LogP contribution in [0.1, 0.15) is 55.6 Å². The first-order valence-electron chi connectivity index (χ1n) is 5.71. The van der Waals surface area contributed by atoms with Gasteiger partial charge in [-0.05, 0) is 12.8 Å². The fourth-order valence-corrected chi connectivity index (χ4v) is 2.25. The summed E-state index contributed by atoms with van der Waals surface area (Å²) in [5, 5.41) is 8.77. The van der Waals surface area contributed by atoms with Crippen molar-refractivity contribution in [2.24, 2.45) is 5.73 Å². The molecule has 0 bridgehead atoms. The van der Waals surface area contributed by atoms with Crippen LogP contribution in [0, 0.1) is 0 Å². The Kier molecular flexibility index (Phi) is 3.24. The lowest BCUT2D eigenvalue weighted by molar-refractivity contribution is -0.138. The monoisotopic (exact) mass is 223 g/mol. The van der Waals surface area contributed by atoms with E-state index in [1.807, 2.05) is 0 Å². The number of carbonyl (C=O) groups is 1. The van der Waals surface area contributed by atoms with Gasteiger partial charge in [0.05, 0.1) is 0 Å². The van der Waals surface area contributed by atoms with Crippen molar-refractivity contribution < 1.29 is 9.90 Å². The molecule has 1 unspecified atom stereocenters. The molecule has 5 nitrogen and oxygen atoms in total. The molecule has 1 aromatic heterocycles. The molecular formula is C11H17N3O2. The lowest BCUT2D eigenvalue weighted by Crippen LogP contribution is -2.22. The summed E-state index contributed by atoms with van der Waals surface area (Å²) in [7, 11) is 0. The molecule has 16 heavy (non-hydrogen) atoms. The van der Waals surface area contributed by atoms with Crippen molar-refractivity contribution in [3.63, 3.8) is 0 Å². The minimum absolute atomic E-state index is 0.355. The van der Waals surface area contributed by atoms with Crippen LogP contribution >= 0.6 is 0 Å². The van der Waals surface area contributed by atoms with Crippen molar-refractivity contribution in [2.75, 3.05) is 0 Å². The van der Waals surface area contributed by atoms with E-state index in [-0.39, 0.29) is 0 Å². The summed E-state index contributed by atoms with van der Waals surface area (Å²) < 4.78 is 0. The van der Waals surface area contributed by atoms with Crippen molar-refractivity contribution >= 4 is 5.97 Å². The highest BCUT2D eigenvalue weighted by molar-refractivity contribution is 5.73. The number of nitrogens with two attached hydrogens (primary N) is 1. The standard InChI is InChI=1S/C11H17N3O2/c12-9(11(15)16)10-13-6-8(14-10)7-4-2-1-3-5-7/h6-7,9H,1-5,12H2,(H,13,14)(H,15,16). The van der Waals surface area contributed by atoms with E-state index < -0.39 is 12.0 Å². The average molecular weight is 223 g/mol. The number of hydrogen-bond acceptors (Lipinski definition) is 3. The average Bonchev–Trinajstić information content (AvgIpc) is 2.78. The fraction of sp³-hybridized carbons (Fsp3) is 0.636. The Labute approximate surface area is 94.1 Å². The van der Waals surface area contributed by atoms with Crippen LogP contribution in [-0.4, -0.2) is 21.0 Å². The van der Waals surface area contributed by atoms with Crippen LogP contribution < -0.4 is 5.73 Å². The second kappa shape index (κ2) is 4.65. The van der Waals surface area contributed by atoms with E-state index in [1.165, 1.54) is 19.3 Å². The van der Waals surface area contributed by atoms with E-state index in [0.717, 1.165) is 18.5 Å². The van der Waals surface area contributed by atoms with Crippen LogP contribution in [0.5, 0.6) is 0 Å². The maximum Gasteiger partial charge on any atom is 0.328 e. The minimum Gasteiger partial charge on any atom is -0.480 e. The van der Waals surface area contributed by atoms with Gasteiger partial charge in [0.25, 0.3) is 0 Å². The van der Waals surface area contributed by atoms with Gasteiger partial charge in [0.2, 0.25) is 0 Å². The summed E-state index contributed by atoms with van der Waals surface area (Å²) >= 11 is 0. The fourth-order valence-electron chi connectivity index (χ4n) is 2.25. The number of nitrogens with zero attached hydrogens (tertiary/aromatic N) is 1. The zero-order chi connectivity index (χ0) is 11.5. The van der Waals surface area contributed by atoms with E-state index in [4.69, 9.17) is 10.8 Å². The van der Waals surface area contributed by atoms with Gasteiger partial charge in [0, 0.05) is 17.8 Å². The van der Waals surface area contributed by atoms with E-state index in [9.17, 15) is 4.79 Å². The lowest BCUT2D eigenvalue weighted by atomic mass is 9.87. The molecule has 1 heterocycles. The number of rotatable bonds is 3. The smallest absolute Gasteiger partial charge is 0.328 e. The zero-order valence-corrected chi connectivity index (χ0v) is 9.15. The number of aromatic amines is 1. The molecule has 0 saturated heterocycles. The molecule has 1 aromatic rings. The van der Waals surface area contributed by atoms with Gasteiger partial charge in [-0.1, -0.05) is 19.3 Å². The Morgan fingerprint density at radius 2 is 2.19 bits per heavy atom. The molecule has 0 aromatic carbocycles. The predicted octanol–water partition coefficient (Wildman–Crippen LogP) is 1.54. The molecule has 1 aliphatic rings. The van der Waals surface area contributed by atoms with Gasteiger partial charge in [-0.15, -0.1) is 0 Å². The number of imidazole rings is 1. The first kappa shape index (κ1) is 11.1. The molecule has 1 atom stereocenters. The second-order valence-electron chi connectivity index (χ2n) is 4.37. The molecule has 5 heteroatoms. The molecule has 0 aliphatic heterocycles. The highest BCUT2D eigenvalue weighted by atomic mass is 16.4. The number of H-pyrrole nitrogens is 1. The Hall–Kier alpha value is -1.36. The van der Waals surface area contributed by atoms with E-state index in [0.29, 0.717) is 11.7 Å². The van der Waals surface area contributed by atoms with Crippen LogP contribution in [0.2, 0.25) is 0 Å². The number of aromatic nitrogens is 2. The SMILES string of the molecule is NC(C(=O)O)c1ncc(C2CCCCC2)[nH]1. The Morgan fingerprint density at radius 3 is 2.81 bits per heavy atom. The molecule has 1 saturated carbocycles. The van der Waals surface area contributed by atoms with Crippen LogP contribution in [0.15, 0.2) is 6.20 Å². The third-order valence-electron chi connectivity index (χ3n) is 3.22. The summed E-state index contributed by atoms with van der Waals surface area (Å²) in [4.78, 5) is 17.8. The summed E-state index contributed by atoms with van der Waals surface area (Å²) in [6.07, 6.45) is 7.82. The first-order chi connectivity index (χ1) is 7.68. The van der Waals surface area contributed by atoms with Gasteiger partial charge >= 0.3 is 5.97 Å². The Morgan fingerprint density at radius 1 is 1.50 bits per heavy atom. The van der Waals surface area contributed by atoms with Gasteiger partial charge in [0.1, 0.15) is 5.82 Å². The third kappa shape index (κ3) is 2.24. The van der Waals surface area contributed by atoms with Crippen molar-refractivity contribution in [2.45, 2.75) is 44.1 Å². The minimum atomic E-state index is -1.05. The zero-order valence-electron chi connectivity index (χ0n) is 9.15. The highest BCUT2D eigenvalue weighted by Crippen LogP contribution is 2.31. The second-order valence-corrected chi connectivity index (χ2v) is 4.37. The maximum absolute atomic E-state index is 10.7.